The molecule has 0 aliphatic heterocycles. The SMILES string of the molecule is O=C(O)/C=C/c1nncn1C12CC3CC(CC(C3)C1)C2. The summed E-state index contributed by atoms with van der Waals surface area (Å²) in [5.74, 6) is 2.29. The second-order valence-electron chi connectivity index (χ2n) is 6.87. The Morgan fingerprint density at radius 3 is 2.40 bits per heavy atom. The lowest BCUT2D eigenvalue weighted by molar-refractivity contribution is -0.131. The minimum atomic E-state index is -0.940. The monoisotopic (exact) mass is 273 g/mol. The van der Waals surface area contributed by atoms with Gasteiger partial charge in [-0.05, 0) is 62.4 Å². The Labute approximate surface area is 117 Å². The molecule has 0 amide bonds. The molecule has 0 aromatic carbocycles. The first kappa shape index (κ1) is 12.1. The van der Waals surface area contributed by atoms with E-state index >= 15 is 0 Å². The van der Waals surface area contributed by atoms with Gasteiger partial charge in [-0.2, -0.15) is 0 Å². The van der Waals surface area contributed by atoms with Crippen molar-refractivity contribution in [3.63, 3.8) is 0 Å². The quantitative estimate of drug-likeness (QED) is 0.858. The van der Waals surface area contributed by atoms with E-state index in [2.05, 4.69) is 14.8 Å². The summed E-state index contributed by atoms with van der Waals surface area (Å²) in [4.78, 5) is 10.7. The van der Waals surface area contributed by atoms with Gasteiger partial charge >= 0.3 is 5.97 Å². The number of hydrogen-bond donors (Lipinski definition) is 1. The summed E-state index contributed by atoms with van der Waals surface area (Å²) in [5, 5.41) is 16.9. The highest BCUT2D eigenvalue weighted by Gasteiger charge is 2.52. The second-order valence-corrected chi connectivity index (χ2v) is 6.87. The van der Waals surface area contributed by atoms with Crippen LogP contribution in [0.15, 0.2) is 12.4 Å². The van der Waals surface area contributed by atoms with Crippen molar-refractivity contribution in [2.45, 2.75) is 44.1 Å². The van der Waals surface area contributed by atoms with Crippen LogP contribution in [-0.2, 0) is 10.3 Å². The van der Waals surface area contributed by atoms with E-state index in [4.69, 9.17) is 5.11 Å². The molecule has 20 heavy (non-hydrogen) atoms. The van der Waals surface area contributed by atoms with Crippen molar-refractivity contribution in [1.29, 1.82) is 0 Å². The van der Waals surface area contributed by atoms with Gasteiger partial charge in [0.2, 0.25) is 0 Å². The van der Waals surface area contributed by atoms with Crippen LogP contribution in [0, 0.1) is 17.8 Å². The Morgan fingerprint density at radius 1 is 1.25 bits per heavy atom. The normalized spacial score (nSPS) is 38.7. The molecule has 5 heteroatoms. The molecule has 1 aromatic rings. The summed E-state index contributed by atoms with van der Waals surface area (Å²) in [6.07, 6.45) is 12.3. The van der Waals surface area contributed by atoms with Crippen LogP contribution < -0.4 is 0 Å². The lowest BCUT2D eigenvalue weighted by atomic mass is 9.53. The smallest absolute Gasteiger partial charge is 0.328 e. The van der Waals surface area contributed by atoms with Gasteiger partial charge in [-0.25, -0.2) is 4.79 Å². The van der Waals surface area contributed by atoms with Crippen LogP contribution in [0.5, 0.6) is 0 Å². The molecule has 106 valence electrons. The van der Waals surface area contributed by atoms with Gasteiger partial charge in [0.25, 0.3) is 0 Å². The number of carbonyl (C=O) groups is 1. The molecule has 4 fully saturated rings. The van der Waals surface area contributed by atoms with Crippen molar-refractivity contribution in [2.24, 2.45) is 17.8 Å². The van der Waals surface area contributed by atoms with E-state index in [1.807, 2.05) is 0 Å². The summed E-state index contributed by atoms with van der Waals surface area (Å²) in [6, 6.07) is 0. The zero-order chi connectivity index (χ0) is 13.7. The minimum Gasteiger partial charge on any atom is -0.478 e. The Hall–Kier alpha value is -1.65. The molecule has 4 aliphatic carbocycles. The Kier molecular flexibility index (Phi) is 2.53. The summed E-state index contributed by atoms with van der Waals surface area (Å²) < 4.78 is 2.16. The molecule has 1 heterocycles. The maximum absolute atomic E-state index is 10.7. The zero-order valence-electron chi connectivity index (χ0n) is 11.4. The molecule has 4 bridgehead atoms. The van der Waals surface area contributed by atoms with Crippen molar-refractivity contribution in [2.75, 3.05) is 0 Å². The third-order valence-electron chi connectivity index (χ3n) is 5.47. The van der Waals surface area contributed by atoms with Gasteiger partial charge in [0.05, 0.1) is 0 Å². The van der Waals surface area contributed by atoms with E-state index in [0.29, 0.717) is 5.82 Å². The van der Waals surface area contributed by atoms with E-state index in [-0.39, 0.29) is 5.54 Å². The first-order chi connectivity index (χ1) is 9.64. The number of hydrogen-bond acceptors (Lipinski definition) is 3. The average molecular weight is 273 g/mol. The lowest BCUT2D eigenvalue weighted by Gasteiger charge is -2.57. The fourth-order valence-electron chi connectivity index (χ4n) is 5.23. The standard InChI is InChI=1S/C15H19N3O2/c19-14(20)2-1-13-17-16-9-18(13)15-6-10-3-11(7-15)5-12(4-10)8-15/h1-2,9-12H,3-8H2,(H,19,20)/b2-1+. The molecule has 1 aromatic heterocycles. The van der Waals surface area contributed by atoms with Gasteiger partial charge in [0.1, 0.15) is 6.33 Å². The predicted molar refractivity (Wildman–Crippen MR) is 72.8 cm³/mol. The summed E-state index contributed by atoms with van der Waals surface area (Å²) in [5.41, 5.74) is 0.149. The second kappa shape index (κ2) is 4.17. The van der Waals surface area contributed by atoms with Gasteiger partial charge < -0.3 is 9.67 Å². The van der Waals surface area contributed by atoms with Crippen molar-refractivity contribution < 1.29 is 9.90 Å². The maximum Gasteiger partial charge on any atom is 0.328 e. The van der Waals surface area contributed by atoms with Crippen LogP contribution in [0.1, 0.15) is 44.3 Å². The molecule has 0 atom stereocenters. The van der Waals surface area contributed by atoms with Crippen LogP contribution in [0.25, 0.3) is 6.08 Å². The number of nitrogens with zero attached hydrogens (tertiary/aromatic N) is 3. The number of carboxylic acid groups (broad SMARTS) is 1. The average Bonchev–Trinajstić information content (AvgIpc) is 2.83. The lowest BCUT2D eigenvalue weighted by Crippen LogP contribution is -2.51. The van der Waals surface area contributed by atoms with E-state index in [9.17, 15) is 4.79 Å². The van der Waals surface area contributed by atoms with E-state index in [1.165, 1.54) is 38.5 Å². The molecule has 0 unspecified atom stereocenters. The zero-order valence-corrected chi connectivity index (χ0v) is 11.4. The van der Waals surface area contributed by atoms with Gasteiger partial charge in [-0.3, -0.25) is 0 Å². The number of aliphatic carboxylic acids is 1. The fourth-order valence-corrected chi connectivity index (χ4v) is 5.23. The van der Waals surface area contributed by atoms with Crippen LogP contribution in [-0.4, -0.2) is 25.8 Å². The van der Waals surface area contributed by atoms with Crippen molar-refractivity contribution >= 4 is 12.0 Å². The maximum atomic E-state index is 10.7. The molecular formula is C15H19N3O2. The molecule has 5 rings (SSSR count). The van der Waals surface area contributed by atoms with Crippen LogP contribution in [0.4, 0.5) is 0 Å². The number of carboxylic acids is 1. The third kappa shape index (κ3) is 1.79. The fraction of sp³-hybridized carbons (Fsp3) is 0.667. The van der Waals surface area contributed by atoms with Gasteiger partial charge in [-0.15, -0.1) is 10.2 Å². The molecular weight excluding hydrogens is 254 g/mol. The first-order valence-corrected chi connectivity index (χ1v) is 7.46. The summed E-state index contributed by atoms with van der Waals surface area (Å²) >= 11 is 0. The molecule has 4 saturated carbocycles. The van der Waals surface area contributed by atoms with Crippen molar-refractivity contribution in [3.05, 3.63) is 18.2 Å². The van der Waals surface area contributed by atoms with E-state index in [0.717, 1.165) is 23.8 Å². The highest BCUT2D eigenvalue weighted by molar-refractivity contribution is 5.84. The molecule has 5 nitrogen and oxygen atoms in total. The highest BCUT2D eigenvalue weighted by atomic mass is 16.4. The molecule has 0 saturated heterocycles. The van der Waals surface area contributed by atoms with Gasteiger partial charge in [0, 0.05) is 11.6 Å². The highest BCUT2D eigenvalue weighted by Crippen LogP contribution is 2.58. The minimum absolute atomic E-state index is 0.149. The molecule has 4 aliphatic rings. The van der Waals surface area contributed by atoms with Gasteiger partial charge in [-0.1, -0.05) is 0 Å². The number of aromatic nitrogens is 3. The van der Waals surface area contributed by atoms with Crippen LogP contribution in [0.2, 0.25) is 0 Å². The topological polar surface area (TPSA) is 68.0 Å². The first-order valence-electron chi connectivity index (χ1n) is 7.46. The van der Waals surface area contributed by atoms with Crippen LogP contribution in [0.3, 0.4) is 0 Å². The van der Waals surface area contributed by atoms with Crippen LogP contribution >= 0.6 is 0 Å². The largest absolute Gasteiger partial charge is 0.478 e. The summed E-state index contributed by atoms with van der Waals surface area (Å²) in [6.45, 7) is 0. The van der Waals surface area contributed by atoms with E-state index < -0.39 is 5.97 Å². The van der Waals surface area contributed by atoms with Gasteiger partial charge in [0.15, 0.2) is 5.82 Å². The number of rotatable bonds is 3. The Morgan fingerprint density at radius 2 is 1.85 bits per heavy atom. The van der Waals surface area contributed by atoms with E-state index in [1.54, 1.807) is 12.4 Å². The molecule has 0 spiro atoms. The van der Waals surface area contributed by atoms with Crippen molar-refractivity contribution in [3.8, 4) is 0 Å². The molecule has 1 N–H and O–H groups in total. The Balaban J connectivity index is 1.71. The predicted octanol–water partition coefficient (Wildman–Crippen LogP) is 2.30. The Bertz CT molecular complexity index is 540. The summed E-state index contributed by atoms with van der Waals surface area (Å²) in [7, 11) is 0. The molecule has 0 radical (unpaired) electrons. The van der Waals surface area contributed by atoms with Crippen molar-refractivity contribution in [1.82, 2.24) is 14.8 Å². The third-order valence-corrected chi connectivity index (χ3v) is 5.47.